The normalized spacial score (nSPS) is 29.6. The maximum atomic E-state index is 9.96. The van der Waals surface area contributed by atoms with Gasteiger partial charge in [0.1, 0.15) is 6.10 Å². The van der Waals surface area contributed by atoms with Gasteiger partial charge in [-0.15, -0.1) is 0 Å². The summed E-state index contributed by atoms with van der Waals surface area (Å²) in [6.07, 6.45) is 10.8. The summed E-state index contributed by atoms with van der Waals surface area (Å²) in [5.74, 6) is -1.20. The molecule has 0 radical (unpaired) electrons. The topological polar surface area (TPSA) is 38.7 Å². The van der Waals surface area contributed by atoms with Crippen LogP contribution in [0.2, 0.25) is 0 Å². The molecule has 2 atom stereocenters. The van der Waals surface area contributed by atoms with Gasteiger partial charge in [-0.1, -0.05) is 45.6 Å². The van der Waals surface area contributed by atoms with E-state index < -0.39 is 5.79 Å². The van der Waals surface area contributed by atoms with Gasteiger partial charge in [0.05, 0.1) is 0 Å². The SMILES string of the molecule is CCCCC[C@H]1C=C[C@@](O)(CCCC)OO1. The minimum Gasteiger partial charge on any atom is -0.360 e. The average Bonchev–Trinajstić information content (AvgIpc) is 2.30. The molecule has 0 aromatic heterocycles. The van der Waals surface area contributed by atoms with E-state index in [2.05, 4.69) is 13.8 Å². The van der Waals surface area contributed by atoms with Crippen molar-refractivity contribution >= 4 is 0 Å². The van der Waals surface area contributed by atoms with Gasteiger partial charge in [0, 0.05) is 6.42 Å². The molecule has 0 aromatic carbocycles. The van der Waals surface area contributed by atoms with Crippen LogP contribution in [0.15, 0.2) is 12.2 Å². The summed E-state index contributed by atoms with van der Waals surface area (Å²) in [7, 11) is 0. The van der Waals surface area contributed by atoms with Crippen molar-refractivity contribution in [3.8, 4) is 0 Å². The maximum absolute atomic E-state index is 9.96. The van der Waals surface area contributed by atoms with Crippen LogP contribution in [0, 0.1) is 0 Å². The van der Waals surface area contributed by atoms with Crippen molar-refractivity contribution in [2.45, 2.75) is 70.7 Å². The van der Waals surface area contributed by atoms with Crippen LogP contribution < -0.4 is 0 Å². The molecule has 0 saturated carbocycles. The van der Waals surface area contributed by atoms with E-state index in [1.807, 2.05) is 6.08 Å². The molecule has 1 aliphatic heterocycles. The lowest BCUT2D eigenvalue weighted by atomic mass is 10.0. The molecule has 3 nitrogen and oxygen atoms in total. The summed E-state index contributed by atoms with van der Waals surface area (Å²) >= 11 is 0. The van der Waals surface area contributed by atoms with Gasteiger partial charge in [0.2, 0.25) is 5.79 Å². The zero-order chi connectivity index (χ0) is 11.9. The van der Waals surface area contributed by atoms with Crippen molar-refractivity contribution in [2.75, 3.05) is 0 Å². The van der Waals surface area contributed by atoms with Crippen molar-refractivity contribution in [1.29, 1.82) is 0 Å². The largest absolute Gasteiger partial charge is 0.360 e. The fourth-order valence-corrected chi connectivity index (χ4v) is 1.76. The summed E-state index contributed by atoms with van der Waals surface area (Å²) in [6, 6.07) is 0. The van der Waals surface area contributed by atoms with Gasteiger partial charge in [0.25, 0.3) is 0 Å². The van der Waals surface area contributed by atoms with Crippen molar-refractivity contribution in [3.05, 3.63) is 12.2 Å². The molecule has 1 heterocycles. The Morgan fingerprint density at radius 2 is 1.94 bits per heavy atom. The maximum Gasteiger partial charge on any atom is 0.218 e. The molecule has 1 aliphatic rings. The van der Waals surface area contributed by atoms with Crippen LogP contribution in [-0.4, -0.2) is 17.0 Å². The van der Waals surface area contributed by atoms with E-state index in [-0.39, 0.29) is 6.10 Å². The number of rotatable bonds is 7. The predicted molar refractivity (Wildman–Crippen MR) is 63.7 cm³/mol. The van der Waals surface area contributed by atoms with Gasteiger partial charge in [-0.2, -0.15) is 4.89 Å². The fraction of sp³-hybridized carbons (Fsp3) is 0.846. The Kier molecular flexibility index (Phi) is 6.03. The Balaban J connectivity index is 2.29. The molecule has 0 saturated heterocycles. The van der Waals surface area contributed by atoms with Gasteiger partial charge in [-0.05, 0) is 18.9 Å². The van der Waals surface area contributed by atoms with Gasteiger partial charge in [-0.3, -0.25) is 0 Å². The molecule has 0 aliphatic carbocycles. The third kappa shape index (κ3) is 4.64. The standard InChI is InChI=1S/C13H24O3/c1-3-5-7-8-12-9-11-13(14,16-15-12)10-6-4-2/h9,11-12,14H,3-8,10H2,1-2H3/t12-,13+/m0/s1. The molecule has 1 rings (SSSR count). The van der Waals surface area contributed by atoms with Crippen molar-refractivity contribution in [3.63, 3.8) is 0 Å². The smallest absolute Gasteiger partial charge is 0.218 e. The molecule has 0 spiro atoms. The molecule has 0 bridgehead atoms. The van der Waals surface area contributed by atoms with Crippen molar-refractivity contribution in [2.24, 2.45) is 0 Å². The van der Waals surface area contributed by atoms with Gasteiger partial charge in [0.15, 0.2) is 0 Å². The minimum absolute atomic E-state index is 0.00783. The first-order valence-electron chi connectivity index (χ1n) is 6.46. The van der Waals surface area contributed by atoms with Crippen LogP contribution in [0.25, 0.3) is 0 Å². The second-order valence-corrected chi connectivity index (χ2v) is 4.52. The van der Waals surface area contributed by atoms with E-state index in [1.54, 1.807) is 6.08 Å². The van der Waals surface area contributed by atoms with Gasteiger partial charge >= 0.3 is 0 Å². The first-order chi connectivity index (χ1) is 7.70. The second-order valence-electron chi connectivity index (χ2n) is 4.52. The quantitative estimate of drug-likeness (QED) is 0.412. The van der Waals surface area contributed by atoms with E-state index in [0.29, 0.717) is 6.42 Å². The molecule has 94 valence electrons. The number of unbranched alkanes of at least 4 members (excludes halogenated alkanes) is 3. The first kappa shape index (κ1) is 13.7. The molecule has 0 aromatic rings. The Labute approximate surface area is 98.4 Å². The highest BCUT2D eigenvalue weighted by Crippen LogP contribution is 2.25. The second kappa shape index (κ2) is 7.05. The average molecular weight is 228 g/mol. The van der Waals surface area contributed by atoms with Crippen LogP contribution in [0.3, 0.4) is 0 Å². The monoisotopic (exact) mass is 228 g/mol. The van der Waals surface area contributed by atoms with E-state index in [1.165, 1.54) is 12.8 Å². The highest BCUT2D eigenvalue weighted by atomic mass is 17.2. The Morgan fingerprint density at radius 3 is 2.50 bits per heavy atom. The Bertz CT molecular complexity index is 215. The summed E-state index contributed by atoms with van der Waals surface area (Å²) < 4.78 is 0. The van der Waals surface area contributed by atoms with E-state index in [9.17, 15) is 5.11 Å². The molecular formula is C13H24O3. The molecule has 0 fully saturated rings. The predicted octanol–water partition coefficient (Wildman–Crippen LogP) is 3.33. The van der Waals surface area contributed by atoms with Gasteiger partial charge < -0.3 is 5.11 Å². The summed E-state index contributed by atoms with van der Waals surface area (Å²) in [5, 5.41) is 9.96. The lowest BCUT2D eigenvalue weighted by molar-refractivity contribution is -0.424. The fourth-order valence-electron chi connectivity index (χ4n) is 1.76. The van der Waals surface area contributed by atoms with Crippen molar-refractivity contribution < 1.29 is 14.9 Å². The zero-order valence-corrected chi connectivity index (χ0v) is 10.4. The van der Waals surface area contributed by atoms with Gasteiger partial charge in [-0.25, -0.2) is 4.89 Å². The third-order valence-corrected chi connectivity index (χ3v) is 2.87. The lowest BCUT2D eigenvalue weighted by Gasteiger charge is -2.29. The summed E-state index contributed by atoms with van der Waals surface area (Å²) in [4.78, 5) is 10.3. The highest BCUT2D eigenvalue weighted by molar-refractivity contribution is 5.00. The van der Waals surface area contributed by atoms with E-state index in [0.717, 1.165) is 25.7 Å². The van der Waals surface area contributed by atoms with E-state index >= 15 is 0 Å². The van der Waals surface area contributed by atoms with Crippen LogP contribution >= 0.6 is 0 Å². The first-order valence-corrected chi connectivity index (χ1v) is 6.46. The zero-order valence-electron chi connectivity index (χ0n) is 10.4. The highest BCUT2D eigenvalue weighted by Gasteiger charge is 2.30. The number of hydrogen-bond acceptors (Lipinski definition) is 3. The third-order valence-electron chi connectivity index (χ3n) is 2.87. The van der Waals surface area contributed by atoms with Crippen LogP contribution in [0.1, 0.15) is 58.8 Å². The molecular weight excluding hydrogens is 204 g/mol. The number of hydrogen-bond donors (Lipinski definition) is 1. The molecule has 0 amide bonds. The van der Waals surface area contributed by atoms with Crippen LogP contribution in [-0.2, 0) is 9.78 Å². The Morgan fingerprint density at radius 1 is 1.19 bits per heavy atom. The minimum atomic E-state index is -1.20. The molecule has 0 unspecified atom stereocenters. The lowest BCUT2D eigenvalue weighted by Crippen LogP contribution is -2.35. The molecule has 1 N–H and O–H groups in total. The van der Waals surface area contributed by atoms with Crippen LogP contribution in [0.4, 0.5) is 0 Å². The molecule has 16 heavy (non-hydrogen) atoms. The van der Waals surface area contributed by atoms with E-state index in [4.69, 9.17) is 9.78 Å². The molecule has 3 heteroatoms. The number of aliphatic hydroxyl groups is 1. The van der Waals surface area contributed by atoms with Crippen LogP contribution in [0.5, 0.6) is 0 Å². The summed E-state index contributed by atoms with van der Waals surface area (Å²) in [6.45, 7) is 4.27. The summed E-state index contributed by atoms with van der Waals surface area (Å²) in [5.41, 5.74) is 0. The Hall–Kier alpha value is -0.380. The van der Waals surface area contributed by atoms with Crippen molar-refractivity contribution in [1.82, 2.24) is 0 Å².